The Morgan fingerprint density at radius 3 is 2.90 bits per heavy atom. The van der Waals surface area contributed by atoms with Gasteiger partial charge in [0.1, 0.15) is 0 Å². The summed E-state index contributed by atoms with van der Waals surface area (Å²) in [6.45, 7) is 1.29. The predicted octanol–water partition coefficient (Wildman–Crippen LogP) is 1.49. The van der Waals surface area contributed by atoms with Gasteiger partial charge in [-0.05, 0) is 38.0 Å². The Kier molecular flexibility index (Phi) is 1.92. The lowest BCUT2D eigenvalue weighted by molar-refractivity contribution is 0.420. The summed E-state index contributed by atoms with van der Waals surface area (Å²) in [5, 5.41) is 4.53. The van der Waals surface area contributed by atoms with Gasteiger partial charge in [-0.1, -0.05) is 0 Å². The second-order valence-electron chi connectivity index (χ2n) is 3.54. The molecule has 1 saturated heterocycles. The Hall–Kier alpha value is 0.310. The van der Waals surface area contributed by atoms with Crippen molar-refractivity contribution in [1.29, 1.82) is 0 Å². The maximum Gasteiger partial charge on any atom is 0.00808 e. The highest BCUT2D eigenvalue weighted by atomic mass is 32.2. The van der Waals surface area contributed by atoms with Gasteiger partial charge in [-0.2, -0.15) is 11.8 Å². The van der Waals surface area contributed by atoms with Crippen molar-refractivity contribution in [3.63, 3.8) is 0 Å². The first-order valence-corrected chi connectivity index (χ1v) is 5.43. The largest absolute Gasteiger partial charge is 0.314 e. The van der Waals surface area contributed by atoms with Crippen molar-refractivity contribution in [1.82, 2.24) is 5.32 Å². The van der Waals surface area contributed by atoms with E-state index in [2.05, 4.69) is 23.3 Å². The van der Waals surface area contributed by atoms with Gasteiger partial charge in [-0.3, -0.25) is 0 Å². The van der Waals surface area contributed by atoms with Crippen LogP contribution in [0.2, 0.25) is 0 Å². The minimum absolute atomic E-state index is 0.871. The van der Waals surface area contributed by atoms with Crippen LogP contribution in [-0.4, -0.2) is 24.1 Å². The lowest BCUT2D eigenvalue weighted by atomic mass is 9.90. The zero-order valence-corrected chi connectivity index (χ0v) is 7.29. The minimum atomic E-state index is 0.871. The Labute approximate surface area is 67.0 Å². The summed E-state index contributed by atoms with van der Waals surface area (Å²) < 4.78 is 0. The molecule has 0 spiro atoms. The number of hydrogen-bond acceptors (Lipinski definition) is 2. The van der Waals surface area contributed by atoms with Crippen LogP contribution in [0.4, 0.5) is 0 Å². The second-order valence-corrected chi connectivity index (χ2v) is 4.67. The molecule has 1 saturated carbocycles. The van der Waals surface area contributed by atoms with E-state index < -0.39 is 0 Å². The van der Waals surface area contributed by atoms with Gasteiger partial charge >= 0.3 is 0 Å². The van der Waals surface area contributed by atoms with Gasteiger partial charge in [0.05, 0.1) is 0 Å². The van der Waals surface area contributed by atoms with Crippen LogP contribution in [0, 0.1) is 5.92 Å². The molecule has 1 N–H and O–H groups in total. The van der Waals surface area contributed by atoms with E-state index in [0.717, 1.165) is 17.2 Å². The molecule has 0 aromatic rings. The average molecular weight is 157 g/mol. The lowest BCUT2D eigenvalue weighted by Crippen LogP contribution is -2.26. The molecule has 2 heteroatoms. The van der Waals surface area contributed by atoms with Crippen LogP contribution in [0.15, 0.2) is 0 Å². The molecule has 0 aromatic carbocycles. The van der Waals surface area contributed by atoms with Crippen molar-refractivity contribution < 1.29 is 0 Å². The fourth-order valence-electron chi connectivity index (χ4n) is 2.24. The van der Waals surface area contributed by atoms with E-state index in [0.29, 0.717) is 0 Å². The van der Waals surface area contributed by atoms with Crippen molar-refractivity contribution in [3.8, 4) is 0 Å². The molecule has 1 aliphatic carbocycles. The van der Waals surface area contributed by atoms with Crippen molar-refractivity contribution in [2.24, 2.45) is 5.92 Å². The summed E-state index contributed by atoms with van der Waals surface area (Å²) in [6, 6.07) is 0.871. The van der Waals surface area contributed by atoms with Crippen molar-refractivity contribution >= 4 is 11.8 Å². The monoisotopic (exact) mass is 157 g/mol. The first-order chi connectivity index (χ1) is 4.88. The van der Waals surface area contributed by atoms with E-state index in [9.17, 15) is 0 Å². The standard InChI is InChI=1S/C8H15NS/c1-10-8-3-6-2-7(4-8)9-5-6/h6-9H,2-5H2,1H3. The zero-order valence-electron chi connectivity index (χ0n) is 6.47. The Bertz CT molecular complexity index is 114. The van der Waals surface area contributed by atoms with Gasteiger partial charge in [0, 0.05) is 11.3 Å². The summed E-state index contributed by atoms with van der Waals surface area (Å²) in [5.41, 5.74) is 0. The Balaban J connectivity index is 1.96. The van der Waals surface area contributed by atoms with Crippen LogP contribution in [0.3, 0.4) is 0 Å². The van der Waals surface area contributed by atoms with Crippen LogP contribution in [0.25, 0.3) is 0 Å². The maximum absolute atomic E-state index is 3.57. The van der Waals surface area contributed by atoms with E-state index in [-0.39, 0.29) is 0 Å². The Morgan fingerprint density at radius 2 is 2.20 bits per heavy atom. The second kappa shape index (κ2) is 2.74. The van der Waals surface area contributed by atoms with E-state index in [4.69, 9.17) is 0 Å². The molecular formula is C8H15NS. The van der Waals surface area contributed by atoms with Crippen molar-refractivity contribution in [2.45, 2.75) is 30.6 Å². The maximum atomic E-state index is 3.57. The van der Waals surface area contributed by atoms with Crippen LogP contribution in [-0.2, 0) is 0 Å². The third kappa shape index (κ3) is 1.19. The normalized spacial score (nSPS) is 45.9. The Morgan fingerprint density at radius 1 is 1.30 bits per heavy atom. The predicted molar refractivity (Wildman–Crippen MR) is 46.4 cm³/mol. The van der Waals surface area contributed by atoms with Crippen LogP contribution in [0.1, 0.15) is 19.3 Å². The molecule has 0 amide bonds. The van der Waals surface area contributed by atoms with Gasteiger partial charge in [-0.15, -0.1) is 0 Å². The molecule has 0 radical (unpaired) electrons. The van der Waals surface area contributed by atoms with E-state index in [1.165, 1.54) is 25.8 Å². The van der Waals surface area contributed by atoms with E-state index in [1.54, 1.807) is 0 Å². The molecule has 0 aromatic heterocycles. The molecule has 1 heterocycles. The third-order valence-electron chi connectivity index (χ3n) is 2.79. The summed E-state index contributed by atoms with van der Waals surface area (Å²) in [5.74, 6) is 1.01. The van der Waals surface area contributed by atoms with Gasteiger partial charge in [0.25, 0.3) is 0 Å². The molecule has 58 valence electrons. The van der Waals surface area contributed by atoms with Crippen molar-refractivity contribution in [3.05, 3.63) is 0 Å². The van der Waals surface area contributed by atoms with E-state index >= 15 is 0 Å². The quantitative estimate of drug-likeness (QED) is 0.619. The minimum Gasteiger partial charge on any atom is -0.314 e. The molecule has 3 unspecified atom stereocenters. The molecular weight excluding hydrogens is 142 g/mol. The fraction of sp³-hybridized carbons (Fsp3) is 1.00. The highest BCUT2D eigenvalue weighted by Gasteiger charge is 2.32. The van der Waals surface area contributed by atoms with Crippen molar-refractivity contribution in [2.75, 3.05) is 12.8 Å². The van der Waals surface area contributed by atoms with Crippen LogP contribution in [0.5, 0.6) is 0 Å². The highest BCUT2D eigenvalue weighted by Crippen LogP contribution is 2.34. The number of rotatable bonds is 1. The molecule has 2 fully saturated rings. The molecule has 1 aliphatic heterocycles. The summed E-state index contributed by atoms with van der Waals surface area (Å²) >= 11 is 2.05. The first kappa shape index (κ1) is 6.99. The van der Waals surface area contributed by atoms with Gasteiger partial charge in [0.15, 0.2) is 0 Å². The third-order valence-corrected chi connectivity index (χ3v) is 3.84. The summed E-state index contributed by atoms with van der Waals surface area (Å²) in [7, 11) is 0. The first-order valence-electron chi connectivity index (χ1n) is 4.14. The molecule has 2 bridgehead atoms. The molecule has 1 nitrogen and oxygen atoms in total. The number of fused-ring (bicyclic) bond motifs is 2. The topological polar surface area (TPSA) is 12.0 Å². The lowest BCUT2D eigenvalue weighted by Gasteiger charge is -2.24. The van der Waals surface area contributed by atoms with Gasteiger partial charge < -0.3 is 5.32 Å². The van der Waals surface area contributed by atoms with Gasteiger partial charge in [-0.25, -0.2) is 0 Å². The highest BCUT2D eigenvalue weighted by molar-refractivity contribution is 7.99. The molecule has 2 aliphatic rings. The van der Waals surface area contributed by atoms with E-state index in [1.807, 2.05) is 0 Å². The van der Waals surface area contributed by atoms with Crippen LogP contribution < -0.4 is 5.32 Å². The smallest absolute Gasteiger partial charge is 0.00808 e. The fourth-order valence-corrected chi connectivity index (χ4v) is 3.13. The summed E-state index contributed by atoms with van der Waals surface area (Å²) in [6.07, 6.45) is 6.58. The molecule has 3 atom stereocenters. The summed E-state index contributed by atoms with van der Waals surface area (Å²) in [4.78, 5) is 0. The zero-order chi connectivity index (χ0) is 6.97. The number of thioether (sulfide) groups is 1. The van der Waals surface area contributed by atoms with Crippen LogP contribution >= 0.6 is 11.8 Å². The molecule has 2 rings (SSSR count). The molecule has 10 heavy (non-hydrogen) atoms. The number of nitrogens with one attached hydrogen (secondary N) is 1. The number of hydrogen-bond donors (Lipinski definition) is 1. The SMILES string of the molecule is CSC1CC2CNC(C2)C1. The average Bonchev–Trinajstić information content (AvgIpc) is 2.30. The van der Waals surface area contributed by atoms with Gasteiger partial charge in [0.2, 0.25) is 0 Å².